The Balaban J connectivity index is 1.77. The summed E-state index contributed by atoms with van der Waals surface area (Å²) < 4.78 is 16.8. The van der Waals surface area contributed by atoms with E-state index in [2.05, 4.69) is 16.0 Å². The number of carbonyl (C=O) groups is 1. The molecule has 0 spiro atoms. The molecule has 5 rings (SSSR count). The Bertz CT molecular complexity index is 1100. The lowest BCUT2D eigenvalue weighted by Crippen LogP contribution is -2.24. The van der Waals surface area contributed by atoms with Crippen LogP contribution in [0.25, 0.3) is 22.2 Å². The number of rotatable bonds is 2. The zero-order valence-corrected chi connectivity index (χ0v) is 16.4. The third-order valence-corrected chi connectivity index (χ3v) is 6.50. The molecule has 0 unspecified atom stereocenters. The molecule has 2 aliphatic rings. The molecule has 2 heterocycles. The first-order valence-corrected chi connectivity index (χ1v) is 10.5. The van der Waals surface area contributed by atoms with Crippen LogP contribution in [0.15, 0.2) is 36.4 Å². The number of nitrogens with zero attached hydrogens (tertiary/aromatic N) is 1. The summed E-state index contributed by atoms with van der Waals surface area (Å²) in [4.78, 5) is 11.5. The maximum Gasteiger partial charge on any atom is 0.335 e. The minimum atomic E-state index is -0.920. The minimum Gasteiger partial charge on any atom is -0.478 e. The summed E-state index contributed by atoms with van der Waals surface area (Å²) in [7, 11) is 0. The van der Waals surface area contributed by atoms with Gasteiger partial charge in [-0.3, -0.25) is 0 Å². The average molecular weight is 392 g/mol. The van der Waals surface area contributed by atoms with E-state index in [1.54, 1.807) is 24.3 Å². The van der Waals surface area contributed by atoms with Gasteiger partial charge in [-0.1, -0.05) is 25.3 Å². The maximum atomic E-state index is 14.6. The van der Waals surface area contributed by atoms with Gasteiger partial charge in [-0.2, -0.15) is 0 Å². The first kappa shape index (κ1) is 18.4. The van der Waals surface area contributed by atoms with Crippen molar-refractivity contribution in [3.8, 4) is 11.3 Å². The Labute approximate surface area is 169 Å². The van der Waals surface area contributed by atoms with Gasteiger partial charge >= 0.3 is 5.97 Å². The minimum absolute atomic E-state index is 0.164. The predicted molar refractivity (Wildman–Crippen MR) is 112 cm³/mol. The second kappa shape index (κ2) is 7.30. The number of carboxylic acid groups (broad SMARTS) is 1. The number of aromatic nitrogens is 1. The fourth-order valence-corrected chi connectivity index (χ4v) is 5.12. The van der Waals surface area contributed by atoms with E-state index in [1.807, 2.05) is 6.07 Å². The molecule has 3 aromatic rings. The van der Waals surface area contributed by atoms with Crippen LogP contribution < -0.4 is 5.32 Å². The summed E-state index contributed by atoms with van der Waals surface area (Å²) in [5.74, 6) is -0.701. The molecule has 4 nitrogen and oxygen atoms in total. The highest BCUT2D eigenvalue weighted by atomic mass is 19.1. The number of nitrogens with one attached hydrogen (secondary N) is 1. The molecular formula is C24H25FN2O2. The van der Waals surface area contributed by atoms with Gasteiger partial charge in [-0.15, -0.1) is 0 Å². The van der Waals surface area contributed by atoms with Gasteiger partial charge in [-0.05, 0) is 60.2 Å². The molecule has 1 aliphatic heterocycles. The van der Waals surface area contributed by atoms with Crippen LogP contribution in [0.2, 0.25) is 0 Å². The SMILES string of the molecule is O=C(O)c1ccc2cc3n(c2c1)CCNCc1cc(F)cc(C2CCCCC2)c1-3. The molecule has 2 N–H and O–H groups in total. The largest absolute Gasteiger partial charge is 0.478 e. The molecule has 2 aromatic carbocycles. The van der Waals surface area contributed by atoms with Crippen molar-refractivity contribution in [1.29, 1.82) is 0 Å². The zero-order chi connectivity index (χ0) is 20.0. The second-order valence-corrected chi connectivity index (χ2v) is 8.30. The average Bonchev–Trinajstić information content (AvgIpc) is 3.06. The lowest BCUT2D eigenvalue weighted by Gasteiger charge is -2.28. The molecule has 1 aromatic heterocycles. The summed E-state index contributed by atoms with van der Waals surface area (Å²) in [5.41, 5.74) is 5.55. The number of hydrogen-bond donors (Lipinski definition) is 2. The monoisotopic (exact) mass is 392 g/mol. The standard InChI is InChI=1S/C24H25FN2O2/c25-19-10-18-14-26-8-9-27-21-12-17(24(28)29)7-6-16(21)11-22(27)23(18)20(13-19)15-4-2-1-3-5-15/h6-7,10-13,15,26H,1-5,8-9,14H2,(H,28,29). The Hall–Kier alpha value is -2.66. The highest BCUT2D eigenvalue weighted by Crippen LogP contribution is 2.42. The van der Waals surface area contributed by atoms with E-state index in [9.17, 15) is 14.3 Å². The molecule has 0 amide bonds. The normalized spacial score (nSPS) is 17.4. The van der Waals surface area contributed by atoms with Crippen molar-refractivity contribution >= 4 is 16.9 Å². The third kappa shape index (κ3) is 3.23. The van der Waals surface area contributed by atoms with Crippen LogP contribution in [0.4, 0.5) is 4.39 Å². The van der Waals surface area contributed by atoms with Crippen LogP contribution in [0.5, 0.6) is 0 Å². The van der Waals surface area contributed by atoms with Crippen molar-refractivity contribution in [2.75, 3.05) is 6.54 Å². The fraction of sp³-hybridized carbons (Fsp3) is 0.375. The first-order valence-electron chi connectivity index (χ1n) is 10.5. The van der Waals surface area contributed by atoms with Crippen LogP contribution in [0, 0.1) is 5.82 Å². The van der Waals surface area contributed by atoms with Crippen molar-refractivity contribution in [2.45, 2.75) is 51.1 Å². The molecule has 1 fully saturated rings. The van der Waals surface area contributed by atoms with Crippen molar-refractivity contribution in [3.05, 3.63) is 58.9 Å². The summed E-state index contributed by atoms with van der Waals surface area (Å²) >= 11 is 0. The predicted octanol–water partition coefficient (Wildman–Crippen LogP) is 5.30. The topological polar surface area (TPSA) is 54.3 Å². The van der Waals surface area contributed by atoms with E-state index in [0.29, 0.717) is 18.0 Å². The summed E-state index contributed by atoms with van der Waals surface area (Å²) in [6.07, 6.45) is 5.85. The Morgan fingerprint density at radius 2 is 1.93 bits per heavy atom. The summed E-state index contributed by atoms with van der Waals surface area (Å²) in [6, 6.07) is 10.8. The van der Waals surface area contributed by atoms with Crippen LogP contribution in [-0.4, -0.2) is 22.2 Å². The van der Waals surface area contributed by atoms with Crippen LogP contribution in [-0.2, 0) is 13.1 Å². The van der Waals surface area contributed by atoms with E-state index < -0.39 is 5.97 Å². The van der Waals surface area contributed by atoms with Crippen molar-refractivity contribution < 1.29 is 14.3 Å². The lowest BCUT2D eigenvalue weighted by molar-refractivity contribution is 0.0697. The van der Waals surface area contributed by atoms with E-state index in [4.69, 9.17) is 0 Å². The van der Waals surface area contributed by atoms with E-state index >= 15 is 0 Å². The van der Waals surface area contributed by atoms with Gasteiger partial charge in [0.25, 0.3) is 0 Å². The molecular weight excluding hydrogens is 367 g/mol. The summed E-state index contributed by atoms with van der Waals surface area (Å²) in [5, 5.41) is 13.9. The molecule has 0 bridgehead atoms. The fourth-order valence-electron chi connectivity index (χ4n) is 5.12. The Morgan fingerprint density at radius 1 is 1.10 bits per heavy atom. The van der Waals surface area contributed by atoms with Crippen LogP contribution in [0.3, 0.4) is 0 Å². The molecule has 0 saturated heterocycles. The van der Waals surface area contributed by atoms with Crippen molar-refractivity contribution in [3.63, 3.8) is 0 Å². The number of aromatic carboxylic acids is 1. The quantitative estimate of drug-likeness (QED) is 0.622. The molecule has 0 atom stereocenters. The number of halogens is 1. The van der Waals surface area contributed by atoms with Gasteiger partial charge in [0.05, 0.1) is 5.56 Å². The van der Waals surface area contributed by atoms with Crippen molar-refractivity contribution in [2.24, 2.45) is 0 Å². The second-order valence-electron chi connectivity index (χ2n) is 8.30. The third-order valence-electron chi connectivity index (χ3n) is 6.50. The number of fused-ring (bicyclic) bond motifs is 5. The van der Waals surface area contributed by atoms with Crippen molar-refractivity contribution in [1.82, 2.24) is 9.88 Å². The van der Waals surface area contributed by atoms with Gasteiger partial charge in [0.1, 0.15) is 5.82 Å². The molecule has 29 heavy (non-hydrogen) atoms. The van der Waals surface area contributed by atoms with Gasteiger partial charge in [-0.25, -0.2) is 9.18 Å². The van der Waals surface area contributed by atoms with Gasteiger partial charge in [0, 0.05) is 41.8 Å². The summed E-state index contributed by atoms with van der Waals surface area (Å²) in [6.45, 7) is 2.15. The zero-order valence-electron chi connectivity index (χ0n) is 16.4. The first-order chi connectivity index (χ1) is 14.1. The lowest BCUT2D eigenvalue weighted by atomic mass is 9.80. The van der Waals surface area contributed by atoms with Gasteiger partial charge < -0.3 is 15.0 Å². The molecule has 0 radical (unpaired) electrons. The number of benzene rings is 2. The molecule has 1 aliphatic carbocycles. The number of hydrogen-bond acceptors (Lipinski definition) is 2. The Morgan fingerprint density at radius 3 is 2.72 bits per heavy atom. The van der Waals surface area contributed by atoms with E-state index in [1.165, 1.54) is 19.3 Å². The van der Waals surface area contributed by atoms with Gasteiger partial charge in [0.2, 0.25) is 0 Å². The maximum absolute atomic E-state index is 14.6. The number of carboxylic acids is 1. The Kier molecular flexibility index (Phi) is 4.63. The smallest absolute Gasteiger partial charge is 0.335 e. The van der Waals surface area contributed by atoms with E-state index in [-0.39, 0.29) is 5.82 Å². The van der Waals surface area contributed by atoms with Gasteiger partial charge in [0.15, 0.2) is 0 Å². The molecule has 150 valence electrons. The molecule has 1 saturated carbocycles. The highest BCUT2D eigenvalue weighted by molar-refractivity contribution is 5.96. The molecule has 5 heteroatoms. The van der Waals surface area contributed by atoms with Crippen LogP contribution in [0.1, 0.15) is 59.5 Å². The van der Waals surface area contributed by atoms with Crippen LogP contribution >= 0.6 is 0 Å². The van der Waals surface area contributed by atoms with E-state index in [0.717, 1.165) is 59.2 Å². The highest BCUT2D eigenvalue weighted by Gasteiger charge is 2.26.